The van der Waals surface area contributed by atoms with E-state index in [0.717, 1.165) is 16.7 Å². The number of halogens is 4. The van der Waals surface area contributed by atoms with Crippen LogP contribution in [0.15, 0.2) is 55.1 Å². The Bertz CT molecular complexity index is 886. The molecule has 0 aliphatic rings. The molecule has 0 bridgehead atoms. The zero-order chi connectivity index (χ0) is 17.1. The van der Waals surface area contributed by atoms with Gasteiger partial charge >= 0.3 is 0 Å². The molecule has 0 fully saturated rings. The molecular weight excluding hydrogens is 386 g/mol. The maximum Gasteiger partial charge on any atom is 0.0949 e. The second kappa shape index (κ2) is 7.62. The smallest absolute Gasteiger partial charge is 0.0949 e. The Labute approximate surface area is 160 Å². The molecule has 0 N–H and O–H groups in total. The highest BCUT2D eigenvalue weighted by Crippen LogP contribution is 2.31. The third kappa shape index (κ3) is 4.14. The molecule has 3 aromatic rings. The van der Waals surface area contributed by atoms with Crippen LogP contribution >= 0.6 is 46.4 Å². The van der Waals surface area contributed by atoms with Gasteiger partial charge in [0, 0.05) is 39.0 Å². The van der Waals surface area contributed by atoms with Crippen LogP contribution in [0.25, 0.3) is 11.6 Å². The summed E-state index contributed by atoms with van der Waals surface area (Å²) in [5, 5.41) is 2.35. The molecule has 24 heavy (non-hydrogen) atoms. The third-order valence-corrected chi connectivity index (χ3v) is 4.59. The van der Waals surface area contributed by atoms with Gasteiger partial charge in [0.2, 0.25) is 0 Å². The number of aromatic nitrogens is 2. The Morgan fingerprint density at radius 2 is 1.67 bits per heavy atom. The van der Waals surface area contributed by atoms with Crippen LogP contribution in [0.1, 0.15) is 11.1 Å². The molecule has 0 amide bonds. The van der Waals surface area contributed by atoms with E-state index in [2.05, 4.69) is 4.98 Å². The Morgan fingerprint density at radius 1 is 0.958 bits per heavy atom. The van der Waals surface area contributed by atoms with Gasteiger partial charge in [-0.25, -0.2) is 4.98 Å². The van der Waals surface area contributed by atoms with E-state index in [4.69, 9.17) is 46.4 Å². The van der Waals surface area contributed by atoms with E-state index in [0.29, 0.717) is 26.6 Å². The maximum absolute atomic E-state index is 6.39. The Balaban J connectivity index is 2.08. The lowest BCUT2D eigenvalue weighted by molar-refractivity contribution is 0.836. The molecule has 3 rings (SSSR count). The van der Waals surface area contributed by atoms with Gasteiger partial charge in [0.15, 0.2) is 0 Å². The van der Waals surface area contributed by atoms with E-state index in [1.54, 1.807) is 30.7 Å². The second-order valence-corrected chi connectivity index (χ2v) is 6.88. The fourth-order valence-corrected chi connectivity index (χ4v) is 3.33. The molecule has 0 spiro atoms. The van der Waals surface area contributed by atoms with Crippen LogP contribution in [-0.2, 0) is 6.54 Å². The first-order valence-corrected chi connectivity index (χ1v) is 8.61. The lowest BCUT2D eigenvalue weighted by Crippen LogP contribution is -1.99. The predicted molar refractivity (Wildman–Crippen MR) is 103 cm³/mol. The fourth-order valence-electron chi connectivity index (χ4n) is 2.34. The molecule has 0 saturated heterocycles. The van der Waals surface area contributed by atoms with Gasteiger partial charge in [-0.3, -0.25) is 0 Å². The van der Waals surface area contributed by atoms with Crippen LogP contribution in [0.2, 0.25) is 20.1 Å². The molecular formula is C18H12Cl4N2. The first-order chi connectivity index (χ1) is 11.5. The molecule has 0 unspecified atom stereocenters. The highest BCUT2D eigenvalue weighted by molar-refractivity contribution is 6.36. The molecule has 0 radical (unpaired) electrons. The number of nitrogens with zero attached hydrogens (tertiary/aromatic N) is 2. The number of rotatable bonds is 4. The van der Waals surface area contributed by atoms with E-state index in [9.17, 15) is 0 Å². The summed E-state index contributed by atoms with van der Waals surface area (Å²) in [6, 6.07) is 10.8. The molecule has 0 saturated carbocycles. The van der Waals surface area contributed by atoms with Crippen molar-refractivity contribution >= 4 is 58.1 Å². The molecule has 2 nitrogen and oxygen atoms in total. The van der Waals surface area contributed by atoms with Crippen molar-refractivity contribution in [3.8, 4) is 0 Å². The molecule has 2 aromatic carbocycles. The van der Waals surface area contributed by atoms with Crippen molar-refractivity contribution < 1.29 is 0 Å². The van der Waals surface area contributed by atoms with Crippen LogP contribution in [0.4, 0.5) is 0 Å². The maximum atomic E-state index is 6.39. The zero-order valence-electron chi connectivity index (χ0n) is 12.4. The van der Waals surface area contributed by atoms with E-state index in [-0.39, 0.29) is 0 Å². The van der Waals surface area contributed by atoms with Crippen LogP contribution in [-0.4, -0.2) is 9.55 Å². The second-order valence-electron chi connectivity index (χ2n) is 5.19. The van der Waals surface area contributed by atoms with Gasteiger partial charge in [0.25, 0.3) is 0 Å². The summed E-state index contributed by atoms with van der Waals surface area (Å²) in [7, 11) is 0. The van der Waals surface area contributed by atoms with E-state index >= 15 is 0 Å². The molecule has 0 atom stereocenters. The SMILES string of the molecule is Clc1ccc(C=C(Cn2ccnc2)c2ccc(Cl)cc2Cl)c(Cl)c1. The van der Waals surface area contributed by atoms with E-state index in [1.165, 1.54) is 0 Å². The van der Waals surface area contributed by atoms with Crippen LogP contribution in [0, 0.1) is 0 Å². The minimum Gasteiger partial charge on any atom is -0.333 e. The summed E-state index contributed by atoms with van der Waals surface area (Å²) in [4.78, 5) is 4.08. The topological polar surface area (TPSA) is 17.8 Å². The van der Waals surface area contributed by atoms with Crippen molar-refractivity contribution in [2.75, 3.05) is 0 Å². The van der Waals surface area contributed by atoms with Crippen molar-refractivity contribution in [2.24, 2.45) is 0 Å². The standard InChI is InChI=1S/C18H12Cl4N2/c19-14-2-1-12(17(21)8-14)7-13(10-24-6-5-23-11-24)16-4-3-15(20)9-18(16)22/h1-9,11H,10H2. The summed E-state index contributed by atoms with van der Waals surface area (Å²) in [6.45, 7) is 0.598. The van der Waals surface area contributed by atoms with Gasteiger partial charge in [-0.2, -0.15) is 0 Å². The molecule has 0 aliphatic carbocycles. The number of hydrogen-bond acceptors (Lipinski definition) is 1. The summed E-state index contributed by atoms with van der Waals surface area (Å²) < 4.78 is 1.96. The summed E-state index contributed by atoms with van der Waals surface area (Å²) in [5.41, 5.74) is 2.74. The van der Waals surface area contributed by atoms with Crippen molar-refractivity contribution in [1.82, 2.24) is 9.55 Å². The van der Waals surface area contributed by atoms with Gasteiger partial charge < -0.3 is 4.57 Å². The Hall–Kier alpha value is -1.45. The third-order valence-electron chi connectivity index (χ3n) is 3.48. The molecule has 1 heterocycles. The summed E-state index contributed by atoms with van der Waals surface area (Å²) >= 11 is 24.7. The monoisotopic (exact) mass is 396 g/mol. The number of imidazole rings is 1. The van der Waals surface area contributed by atoms with Crippen molar-refractivity contribution in [3.05, 3.63) is 86.3 Å². The van der Waals surface area contributed by atoms with Crippen molar-refractivity contribution in [3.63, 3.8) is 0 Å². The highest BCUT2D eigenvalue weighted by Gasteiger charge is 2.10. The lowest BCUT2D eigenvalue weighted by Gasteiger charge is -2.12. The van der Waals surface area contributed by atoms with Gasteiger partial charge in [-0.1, -0.05) is 58.5 Å². The number of hydrogen-bond donors (Lipinski definition) is 0. The normalized spacial score (nSPS) is 11.8. The number of benzene rings is 2. The van der Waals surface area contributed by atoms with Crippen molar-refractivity contribution in [1.29, 1.82) is 0 Å². The van der Waals surface area contributed by atoms with Gasteiger partial charge in [-0.05, 0) is 47.0 Å². The predicted octanol–water partition coefficient (Wildman–Crippen LogP) is 6.74. The molecule has 122 valence electrons. The average molecular weight is 398 g/mol. The fraction of sp³-hybridized carbons (Fsp3) is 0.0556. The first-order valence-electron chi connectivity index (χ1n) is 7.10. The van der Waals surface area contributed by atoms with Gasteiger partial charge in [-0.15, -0.1) is 0 Å². The summed E-state index contributed by atoms with van der Waals surface area (Å²) in [5.74, 6) is 0. The first kappa shape index (κ1) is 17.4. The van der Waals surface area contributed by atoms with Gasteiger partial charge in [0.05, 0.1) is 6.33 Å². The Morgan fingerprint density at radius 3 is 2.29 bits per heavy atom. The van der Waals surface area contributed by atoms with E-state index in [1.807, 2.05) is 35.0 Å². The van der Waals surface area contributed by atoms with Crippen LogP contribution < -0.4 is 0 Å². The lowest BCUT2D eigenvalue weighted by atomic mass is 10.0. The minimum atomic E-state index is 0.579. The quantitative estimate of drug-likeness (QED) is 0.445. The van der Waals surface area contributed by atoms with Crippen molar-refractivity contribution in [2.45, 2.75) is 6.54 Å². The minimum absolute atomic E-state index is 0.579. The zero-order valence-corrected chi connectivity index (χ0v) is 15.4. The molecule has 1 aromatic heterocycles. The molecule has 6 heteroatoms. The van der Waals surface area contributed by atoms with Crippen LogP contribution in [0.3, 0.4) is 0 Å². The van der Waals surface area contributed by atoms with Gasteiger partial charge in [0.1, 0.15) is 0 Å². The Kier molecular flexibility index (Phi) is 5.52. The number of allylic oxidation sites excluding steroid dienone is 1. The van der Waals surface area contributed by atoms with E-state index < -0.39 is 0 Å². The highest BCUT2D eigenvalue weighted by atomic mass is 35.5. The average Bonchev–Trinajstić information content (AvgIpc) is 3.02. The summed E-state index contributed by atoms with van der Waals surface area (Å²) in [6.07, 6.45) is 7.37. The van der Waals surface area contributed by atoms with Crippen LogP contribution in [0.5, 0.6) is 0 Å². The largest absolute Gasteiger partial charge is 0.333 e. The molecule has 0 aliphatic heterocycles.